The van der Waals surface area contributed by atoms with Crippen LogP contribution in [0.5, 0.6) is 0 Å². The molecule has 33 heavy (non-hydrogen) atoms. The van der Waals surface area contributed by atoms with Crippen LogP contribution in [0.4, 0.5) is 0 Å². The average Bonchev–Trinajstić information content (AvgIpc) is 3.19. The van der Waals surface area contributed by atoms with Crippen LogP contribution in [0, 0.1) is 19.8 Å². The fraction of sp³-hybridized carbons (Fsp3) is 0.385. The van der Waals surface area contributed by atoms with E-state index in [9.17, 15) is 9.59 Å². The zero-order chi connectivity index (χ0) is 22.9. The van der Waals surface area contributed by atoms with Gasteiger partial charge in [0.1, 0.15) is 5.69 Å². The number of hydrogen-bond acceptors (Lipinski definition) is 4. The first kappa shape index (κ1) is 21.4. The molecule has 7 nitrogen and oxygen atoms in total. The van der Waals surface area contributed by atoms with E-state index in [1.807, 2.05) is 35.5 Å². The molecule has 3 heterocycles. The normalized spacial score (nSPS) is 14.9. The summed E-state index contributed by atoms with van der Waals surface area (Å²) >= 11 is 0. The van der Waals surface area contributed by atoms with E-state index >= 15 is 0 Å². The minimum Gasteiger partial charge on any atom is -0.343 e. The topological polar surface area (TPSA) is 83.9 Å². The smallest absolute Gasteiger partial charge is 0.270 e. The van der Waals surface area contributed by atoms with Gasteiger partial charge in [-0.1, -0.05) is 12.1 Å². The number of fused-ring (bicyclic) bond motifs is 2. The number of aryl methyl sites for hydroxylation is 3. The second-order valence-electron chi connectivity index (χ2n) is 9.18. The predicted molar refractivity (Wildman–Crippen MR) is 129 cm³/mol. The van der Waals surface area contributed by atoms with E-state index in [4.69, 9.17) is 0 Å². The Morgan fingerprint density at radius 3 is 2.67 bits per heavy atom. The minimum atomic E-state index is -0.210. The van der Waals surface area contributed by atoms with Crippen LogP contribution in [0.1, 0.15) is 36.1 Å². The third kappa shape index (κ3) is 4.40. The van der Waals surface area contributed by atoms with Gasteiger partial charge < -0.3 is 14.5 Å². The number of H-pyrrole nitrogens is 1. The van der Waals surface area contributed by atoms with Gasteiger partial charge in [0, 0.05) is 32.5 Å². The van der Waals surface area contributed by atoms with Crippen molar-refractivity contribution in [1.29, 1.82) is 0 Å². The van der Waals surface area contributed by atoms with Crippen molar-refractivity contribution in [3.8, 4) is 0 Å². The first-order valence-electron chi connectivity index (χ1n) is 11.7. The lowest BCUT2D eigenvalue weighted by atomic mass is 9.96. The molecule has 0 saturated carbocycles. The molecule has 5 rings (SSSR count). The molecule has 0 radical (unpaired) electrons. The van der Waals surface area contributed by atoms with Gasteiger partial charge in [0.05, 0.1) is 28.4 Å². The number of carbonyl (C=O) groups is 1. The first-order chi connectivity index (χ1) is 16.0. The summed E-state index contributed by atoms with van der Waals surface area (Å²) in [6.07, 6.45) is 4.56. The number of imidazole rings is 1. The fourth-order valence-corrected chi connectivity index (χ4v) is 4.72. The number of nitrogens with one attached hydrogen (secondary N) is 1. The number of rotatable bonds is 5. The van der Waals surface area contributed by atoms with Crippen molar-refractivity contribution in [3.05, 3.63) is 69.9 Å². The van der Waals surface area contributed by atoms with Gasteiger partial charge in [0.25, 0.3) is 5.56 Å². The Kier molecular flexibility index (Phi) is 5.70. The Morgan fingerprint density at radius 2 is 1.85 bits per heavy atom. The molecule has 0 bridgehead atoms. The van der Waals surface area contributed by atoms with Gasteiger partial charge in [0.2, 0.25) is 5.91 Å². The SMILES string of the molecule is Cc1cc2ncn(CC3CCN(C(=O)CCc4nc5ccccc5[nH]c4=O)CC3)c2cc1C. The highest BCUT2D eigenvalue weighted by Gasteiger charge is 2.23. The van der Waals surface area contributed by atoms with Crippen LogP contribution < -0.4 is 5.56 Å². The van der Waals surface area contributed by atoms with Crippen LogP contribution in [0.3, 0.4) is 0 Å². The highest BCUT2D eigenvalue weighted by Crippen LogP contribution is 2.24. The standard InChI is InChI=1S/C26H29N5O2/c1-17-13-23-24(14-18(17)2)31(16-27-23)15-19-9-11-30(12-10-19)25(32)8-7-22-26(33)29-21-6-4-3-5-20(21)28-22/h3-6,13-14,16,19H,7-12,15H2,1-2H3,(H,29,33). The van der Waals surface area contributed by atoms with E-state index in [1.54, 1.807) is 0 Å². The maximum Gasteiger partial charge on any atom is 0.270 e. The molecule has 7 heteroatoms. The molecule has 1 amide bonds. The highest BCUT2D eigenvalue weighted by molar-refractivity contribution is 5.78. The highest BCUT2D eigenvalue weighted by atomic mass is 16.2. The van der Waals surface area contributed by atoms with Crippen LogP contribution in [0.25, 0.3) is 22.1 Å². The van der Waals surface area contributed by atoms with Crippen molar-refractivity contribution in [2.45, 2.75) is 46.1 Å². The largest absolute Gasteiger partial charge is 0.343 e. The maximum absolute atomic E-state index is 12.8. The van der Waals surface area contributed by atoms with Gasteiger partial charge in [-0.2, -0.15) is 0 Å². The summed E-state index contributed by atoms with van der Waals surface area (Å²) in [6, 6.07) is 11.8. The van der Waals surface area contributed by atoms with Crippen molar-refractivity contribution in [2.24, 2.45) is 5.92 Å². The lowest BCUT2D eigenvalue weighted by Crippen LogP contribution is -2.39. The average molecular weight is 444 g/mol. The van der Waals surface area contributed by atoms with Crippen LogP contribution in [0.2, 0.25) is 0 Å². The Hall–Kier alpha value is -3.48. The second-order valence-corrected chi connectivity index (χ2v) is 9.18. The number of benzene rings is 2. The number of likely N-dealkylation sites (tertiary alicyclic amines) is 1. The Balaban J connectivity index is 1.17. The third-order valence-electron chi connectivity index (χ3n) is 6.90. The van der Waals surface area contributed by atoms with Crippen LogP contribution in [0.15, 0.2) is 47.5 Å². The van der Waals surface area contributed by atoms with Crippen molar-refractivity contribution >= 4 is 28.0 Å². The number of aromatic nitrogens is 4. The van der Waals surface area contributed by atoms with Crippen molar-refractivity contribution in [2.75, 3.05) is 13.1 Å². The van der Waals surface area contributed by atoms with E-state index < -0.39 is 0 Å². The summed E-state index contributed by atoms with van der Waals surface area (Å²) in [7, 11) is 0. The Morgan fingerprint density at radius 1 is 1.09 bits per heavy atom. The van der Waals surface area contributed by atoms with Gasteiger partial charge in [-0.15, -0.1) is 0 Å². The molecule has 1 aliphatic heterocycles. The summed E-state index contributed by atoms with van der Waals surface area (Å²) in [5.74, 6) is 0.625. The van der Waals surface area contributed by atoms with Gasteiger partial charge in [-0.25, -0.2) is 9.97 Å². The zero-order valence-corrected chi connectivity index (χ0v) is 19.2. The molecule has 0 spiro atoms. The summed E-state index contributed by atoms with van der Waals surface area (Å²) in [5, 5.41) is 0. The number of amides is 1. The summed E-state index contributed by atoms with van der Waals surface area (Å²) in [5.41, 5.74) is 6.46. The number of aromatic amines is 1. The summed E-state index contributed by atoms with van der Waals surface area (Å²) < 4.78 is 2.25. The minimum absolute atomic E-state index is 0.0991. The number of hydrogen-bond donors (Lipinski definition) is 1. The molecule has 1 saturated heterocycles. The van der Waals surface area contributed by atoms with Gasteiger partial charge in [0.15, 0.2) is 0 Å². The number of nitrogens with zero attached hydrogens (tertiary/aromatic N) is 4. The van der Waals surface area contributed by atoms with Crippen LogP contribution in [-0.2, 0) is 17.8 Å². The van der Waals surface area contributed by atoms with Crippen molar-refractivity contribution < 1.29 is 4.79 Å². The molecular formula is C26H29N5O2. The molecule has 1 N–H and O–H groups in total. The Bertz CT molecular complexity index is 1380. The van der Waals surface area contributed by atoms with E-state index in [2.05, 4.69) is 45.5 Å². The predicted octanol–water partition coefficient (Wildman–Crippen LogP) is 3.76. The van der Waals surface area contributed by atoms with Crippen LogP contribution >= 0.6 is 0 Å². The fourth-order valence-electron chi connectivity index (χ4n) is 4.72. The lowest BCUT2D eigenvalue weighted by Gasteiger charge is -2.32. The molecule has 4 aromatic rings. The van der Waals surface area contributed by atoms with Gasteiger partial charge in [-0.05, 0) is 68.0 Å². The van der Waals surface area contributed by atoms with E-state index in [0.717, 1.165) is 49.0 Å². The van der Waals surface area contributed by atoms with E-state index in [1.165, 1.54) is 16.6 Å². The number of para-hydroxylation sites is 2. The molecule has 170 valence electrons. The monoisotopic (exact) mass is 443 g/mol. The van der Waals surface area contributed by atoms with Crippen molar-refractivity contribution in [1.82, 2.24) is 24.4 Å². The van der Waals surface area contributed by atoms with Gasteiger partial charge in [-0.3, -0.25) is 9.59 Å². The van der Waals surface area contributed by atoms with Crippen molar-refractivity contribution in [3.63, 3.8) is 0 Å². The molecule has 1 aliphatic rings. The second kappa shape index (κ2) is 8.81. The van der Waals surface area contributed by atoms with Gasteiger partial charge >= 0.3 is 0 Å². The zero-order valence-electron chi connectivity index (χ0n) is 19.2. The van der Waals surface area contributed by atoms with Crippen LogP contribution in [-0.4, -0.2) is 43.4 Å². The van der Waals surface area contributed by atoms with E-state index in [0.29, 0.717) is 24.5 Å². The molecule has 1 fully saturated rings. The Labute approximate surface area is 192 Å². The third-order valence-corrected chi connectivity index (χ3v) is 6.90. The lowest BCUT2D eigenvalue weighted by molar-refractivity contribution is -0.132. The van der Waals surface area contributed by atoms with E-state index in [-0.39, 0.29) is 11.5 Å². The summed E-state index contributed by atoms with van der Waals surface area (Å²) in [4.78, 5) is 38.9. The maximum atomic E-state index is 12.8. The number of piperidine rings is 1. The molecule has 2 aromatic heterocycles. The quantitative estimate of drug-likeness (QED) is 0.509. The molecule has 2 aromatic carbocycles. The summed E-state index contributed by atoms with van der Waals surface area (Å²) in [6.45, 7) is 6.70. The molecule has 0 atom stereocenters. The molecular weight excluding hydrogens is 414 g/mol. The molecule has 0 aliphatic carbocycles. The molecule has 0 unspecified atom stereocenters. The first-order valence-corrected chi connectivity index (χ1v) is 11.7. The number of carbonyl (C=O) groups excluding carboxylic acids is 1.